The van der Waals surface area contributed by atoms with Crippen molar-refractivity contribution >= 4 is 28.3 Å². The number of nitrogens with one attached hydrogen (secondary N) is 2. The van der Waals surface area contributed by atoms with Gasteiger partial charge in [0, 0.05) is 30.0 Å². The molecule has 0 bridgehead atoms. The number of thiazole rings is 1. The molecule has 2 amide bonds. The Bertz CT molecular complexity index is 1380. The van der Waals surface area contributed by atoms with Gasteiger partial charge in [0.05, 0.1) is 12.2 Å². The fraction of sp³-hybridized carbons (Fsp3) is 0.633. The second-order valence-corrected chi connectivity index (χ2v) is 15.0. The highest BCUT2D eigenvalue weighted by Crippen LogP contribution is 2.69. The summed E-state index contributed by atoms with van der Waals surface area (Å²) in [5.41, 5.74) is 8.77. The number of nitrogens with two attached hydrogens (primary N) is 1. The number of hydrogen-bond donors (Lipinski definition) is 4. The average Bonchev–Trinajstić information content (AvgIpc) is 3.26. The van der Waals surface area contributed by atoms with Crippen LogP contribution in [0.2, 0.25) is 0 Å². The van der Waals surface area contributed by atoms with Crippen LogP contribution in [-0.4, -0.2) is 67.5 Å². The van der Waals surface area contributed by atoms with Crippen molar-refractivity contribution in [2.45, 2.75) is 91.0 Å². The van der Waals surface area contributed by atoms with Gasteiger partial charge < -0.3 is 26.4 Å². The number of amides is 2. The van der Waals surface area contributed by atoms with E-state index in [-0.39, 0.29) is 22.6 Å². The summed E-state index contributed by atoms with van der Waals surface area (Å²) in [7, 11) is 0. The normalized spacial score (nSPS) is 30.9. The molecule has 0 aromatic carbocycles. The Morgan fingerprint density at radius 3 is 2.61 bits per heavy atom. The van der Waals surface area contributed by atoms with Crippen LogP contribution in [0.3, 0.4) is 0 Å². The standard InChI is InChI=1S/C30H41N7O3S/c1-28(2,3)24(36-27-35-20(13-41-27)19-12-32-8-9-33-19)26(40)37-15-30(14-29(30,4)5)11-21(37)25(39)34-18-10-16-6-7-17(16)22(31)23(18)38/h8-9,12-13,16,18,21,23-24,38H,6-7,10-11,14-15,31H2,1-5H3,(H,34,39)(H,35,36)/t16?,18?,21-,23?,24+,30+/m0/s1. The van der Waals surface area contributed by atoms with E-state index in [0.29, 0.717) is 47.5 Å². The molecule has 3 unspecified atom stereocenters. The number of likely N-dealkylation sites (tertiary alicyclic amines) is 1. The number of aliphatic hydroxyl groups excluding tert-OH is 1. The number of carbonyl (C=O) groups excluding carboxylic acids is 2. The summed E-state index contributed by atoms with van der Waals surface area (Å²) in [5.74, 6) is 0.0148. The van der Waals surface area contributed by atoms with Gasteiger partial charge in [-0.2, -0.15) is 0 Å². The van der Waals surface area contributed by atoms with Gasteiger partial charge in [0.2, 0.25) is 11.8 Å². The third kappa shape index (κ3) is 4.90. The van der Waals surface area contributed by atoms with Crippen LogP contribution in [0.25, 0.3) is 11.4 Å². The number of carbonyl (C=O) groups is 2. The molecule has 0 radical (unpaired) electrons. The molecular weight excluding hydrogens is 538 g/mol. The van der Waals surface area contributed by atoms with Crippen LogP contribution in [0.1, 0.15) is 66.7 Å². The van der Waals surface area contributed by atoms with Crippen molar-refractivity contribution < 1.29 is 14.7 Å². The molecule has 1 saturated heterocycles. The topological polar surface area (TPSA) is 146 Å². The average molecular weight is 580 g/mol. The maximum absolute atomic E-state index is 14.4. The first kappa shape index (κ1) is 28.1. The third-order valence-electron chi connectivity index (χ3n) is 10.0. The van der Waals surface area contributed by atoms with Gasteiger partial charge in [0.25, 0.3) is 0 Å². The number of hydrogen-bond acceptors (Lipinski definition) is 9. The number of anilines is 1. The van der Waals surface area contributed by atoms with Gasteiger partial charge in [-0.15, -0.1) is 11.3 Å². The molecule has 2 saturated carbocycles. The lowest BCUT2D eigenvalue weighted by atomic mass is 9.69. The second-order valence-electron chi connectivity index (χ2n) is 14.1. The summed E-state index contributed by atoms with van der Waals surface area (Å²) in [6, 6.07) is -1.65. The van der Waals surface area contributed by atoms with E-state index in [0.717, 1.165) is 24.8 Å². The van der Waals surface area contributed by atoms with Crippen LogP contribution in [-0.2, 0) is 9.59 Å². The van der Waals surface area contributed by atoms with Crippen LogP contribution < -0.4 is 16.4 Å². The Balaban J connectivity index is 1.23. The van der Waals surface area contributed by atoms with E-state index in [9.17, 15) is 14.7 Å². The minimum atomic E-state index is -0.889. The van der Waals surface area contributed by atoms with Gasteiger partial charge in [0.1, 0.15) is 29.6 Å². The van der Waals surface area contributed by atoms with Crippen LogP contribution in [0.5, 0.6) is 0 Å². The molecule has 220 valence electrons. The number of fused-ring (bicyclic) bond motifs is 1. The Hall–Kier alpha value is -3.05. The van der Waals surface area contributed by atoms with Gasteiger partial charge in [-0.3, -0.25) is 19.6 Å². The van der Waals surface area contributed by atoms with Gasteiger partial charge in [-0.05, 0) is 59.8 Å². The predicted octanol–water partition coefficient (Wildman–Crippen LogP) is 3.32. The molecule has 5 N–H and O–H groups in total. The zero-order valence-corrected chi connectivity index (χ0v) is 25.3. The van der Waals surface area contributed by atoms with Crippen molar-refractivity contribution in [2.24, 2.45) is 27.9 Å². The first-order valence-electron chi connectivity index (χ1n) is 14.6. The lowest BCUT2D eigenvalue weighted by molar-refractivity contribution is -0.141. The zero-order valence-electron chi connectivity index (χ0n) is 24.5. The number of aliphatic hydroxyl groups is 1. The second kappa shape index (κ2) is 9.76. The molecule has 2 aromatic heterocycles. The number of allylic oxidation sites excluding steroid dienone is 1. The van der Waals surface area contributed by atoms with E-state index >= 15 is 0 Å². The summed E-state index contributed by atoms with van der Waals surface area (Å²) in [6.45, 7) is 11.0. The molecule has 2 aromatic rings. The molecule has 3 aliphatic carbocycles. The lowest BCUT2D eigenvalue weighted by Gasteiger charge is -2.42. The van der Waals surface area contributed by atoms with Crippen molar-refractivity contribution in [3.05, 3.63) is 35.2 Å². The van der Waals surface area contributed by atoms with Crippen molar-refractivity contribution in [1.29, 1.82) is 0 Å². The first-order valence-corrected chi connectivity index (χ1v) is 15.4. The fourth-order valence-corrected chi connectivity index (χ4v) is 7.82. The Morgan fingerprint density at radius 2 is 2.00 bits per heavy atom. The number of nitrogens with zero attached hydrogens (tertiary/aromatic N) is 4. The summed E-state index contributed by atoms with van der Waals surface area (Å²) in [5, 5.41) is 19.9. The van der Waals surface area contributed by atoms with Crippen molar-refractivity contribution in [3.8, 4) is 11.4 Å². The Kier molecular flexibility index (Phi) is 6.69. The highest BCUT2D eigenvalue weighted by molar-refractivity contribution is 7.14. The molecule has 4 aliphatic rings. The molecule has 6 atom stereocenters. The zero-order chi connectivity index (χ0) is 29.3. The van der Waals surface area contributed by atoms with Gasteiger partial charge in [-0.1, -0.05) is 34.6 Å². The molecule has 1 aliphatic heterocycles. The largest absolute Gasteiger partial charge is 0.400 e. The van der Waals surface area contributed by atoms with Gasteiger partial charge in [-0.25, -0.2) is 4.98 Å². The maximum Gasteiger partial charge on any atom is 0.246 e. The fourth-order valence-electron chi connectivity index (χ4n) is 7.09. The summed E-state index contributed by atoms with van der Waals surface area (Å²) < 4.78 is 0. The molecular formula is C30H41N7O3S. The first-order chi connectivity index (χ1) is 19.3. The maximum atomic E-state index is 14.4. The quantitative estimate of drug-likeness (QED) is 0.408. The van der Waals surface area contributed by atoms with E-state index in [4.69, 9.17) is 5.73 Å². The molecule has 10 nitrogen and oxygen atoms in total. The number of aromatic nitrogens is 3. The van der Waals surface area contributed by atoms with E-state index in [1.54, 1.807) is 23.5 Å². The minimum absolute atomic E-state index is 0.0600. The SMILES string of the molecule is CC(C)(C)[C@H](Nc1nc(-c2cnccn2)cs1)C(=O)N1C[C@@]2(C[C@H]1C(=O)NC1CC3CCC3=C(N)C1O)CC2(C)C. The summed E-state index contributed by atoms with van der Waals surface area (Å²) in [4.78, 5) is 43.2. The minimum Gasteiger partial charge on any atom is -0.400 e. The van der Waals surface area contributed by atoms with Crippen molar-refractivity contribution in [2.75, 3.05) is 11.9 Å². The molecule has 41 heavy (non-hydrogen) atoms. The Labute approximate surface area is 245 Å². The van der Waals surface area contributed by atoms with E-state index in [2.05, 4.69) is 39.4 Å². The third-order valence-corrected chi connectivity index (χ3v) is 10.8. The molecule has 1 spiro atoms. The van der Waals surface area contributed by atoms with Crippen LogP contribution in [0.15, 0.2) is 35.2 Å². The van der Waals surface area contributed by atoms with E-state index < -0.39 is 29.6 Å². The lowest BCUT2D eigenvalue weighted by Crippen LogP contribution is -2.58. The van der Waals surface area contributed by atoms with Crippen LogP contribution in [0.4, 0.5) is 5.13 Å². The predicted molar refractivity (Wildman–Crippen MR) is 157 cm³/mol. The van der Waals surface area contributed by atoms with Crippen LogP contribution in [0, 0.1) is 22.2 Å². The summed E-state index contributed by atoms with van der Waals surface area (Å²) in [6.07, 6.45) is 8.25. The number of rotatable bonds is 6. The van der Waals surface area contributed by atoms with E-state index in [1.807, 2.05) is 26.2 Å². The molecule has 3 heterocycles. The van der Waals surface area contributed by atoms with Crippen LogP contribution >= 0.6 is 11.3 Å². The smallest absolute Gasteiger partial charge is 0.246 e. The van der Waals surface area contributed by atoms with Gasteiger partial charge >= 0.3 is 0 Å². The highest BCUT2D eigenvalue weighted by Gasteiger charge is 2.67. The van der Waals surface area contributed by atoms with Gasteiger partial charge in [0.15, 0.2) is 5.13 Å². The Morgan fingerprint density at radius 1 is 1.24 bits per heavy atom. The summed E-state index contributed by atoms with van der Waals surface area (Å²) >= 11 is 1.41. The molecule has 3 fully saturated rings. The molecule has 11 heteroatoms. The highest BCUT2D eigenvalue weighted by atomic mass is 32.1. The van der Waals surface area contributed by atoms with Crippen molar-refractivity contribution in [3.63, 3.8) is 0 Å². The molecule has 6 rings (SSSR count). The van der Waals surface area contributed by atoms with E-state index in [1.165, 1.54) is 11.3 Å². The monoisotopic (exact) mass is 579 g/mol. The van der Waals surface area contributed by atoms with Crippen molar-refractivity contribution in [1.82, 2.24) is 25.2 Å².